The molecule has 8 nitrogen and oxygen atoms in total. The number of hydrogen-bond donors (Lipinski definition) is 2. The highest BCUT2D eigenvalue weighted by molar-refractivity contribution is 7.13. The lowest BCUT2D eigenvalue weighted by Crippen LogP contribution is -2.34. The topological polar surface area (TPSA) is 92.1 Å². The molecule has 35 heavy (non-hydrogen) atoms. The lowest BCUT2D eigenvalue weighted by atomic mass is 9.87. The Morgan fingerprint density at radius 2 is 2.20 bits per heavy atom. The highest BCUT2D eigenvalue weighted by Gasteiger charge is 2.47. The molecule has 0 unspecified atom stereocenters. The molecular formula is C26H26N6O2S. The van der Waals surface area contributed by atoms with Crippen LogP contribution >= 0.6 is 11.3 Å². The molecule has 0 saturated carbocycles. The Hall–Kier alpha value is -3.11. The molecule has 7 rings (SSSR count). The third-order valence-electron chi connectivity index (χ3n) is 7.41. The van der Waals surface area contributed by atoms with E-state index in [0.717, 1.165) is 68.7 Å². The number of aromatic nitrogens is 5. The SMILES string of the molecule is C[C@H](O)CN1CC[C@]2(C1)OCc1cnc3[nH]c(-c4cncs4)c(-c4ccc5c(cnn5C)c4)c3c12. The number of ether oxygens (including phenoxy) is 1. The first-order valence-electron chi connectivity index (χ1n) is 11.9. The summed E-state index contributed by atoms with van der Waals surface area (Å²) in [6.07, 6.45) is 6.32. The van der Waals surface area contributed by atoms with Crippen LogP contribution in [0.15, 0.2) is 42.3 Å². The fraction of sp³-hybridized carbons (Fsp3) is 0.346. The quantitative estimate of drug-likeness (QED) is 0.398. The molecular weight excluding hydrogens is 460 g/mol. The van der Waals surface area contributed by atoms with Gasteiger partial charge in [-0.2, -0.15) is 5.10 Å². The number of hydrogen-bond acceptors (Lipinski definition) is 7. The van der Waals surface area contributed by atoms with Gasteiger partial charge in [-0.05, 0) is 31.0 Å². The Bertz CT molecular complexity index is 1570. The van der Waals surface area contributed by atoms with Gasteiger partial charge in [-0.15, -0.1) is 11.3 Å². The minimum atomic E-state index is -0.397. The summed E-state index contributed by atoms with van der Waals surface area (Å²) in [4.78, 5) is 16.2. The van der Waals surface area contributed by atoms with E-state index in [1.807, 2.05) is 42.8 Å². The Labute approximate surface area is 206 Å². The van der Waals surface area contributed by atoms with Crippen molar-refractivity contribution in [2.45, 2.75) is 31.7 Å². The van der Waals surface area contributed by atoms with Crippen molar-refractivity contribution in [1.29, 1.82) is 0 Å². The first-order valence-corrected chi connectivity index (χ1v) is 12.8. The molecule has 1 spiro atoms. The number of β-amino-alcohol motifs (C(OH)–C–C–N with tert-alkyl or cyclic N) is 1. The molecule has 2 aliphatic rings. The third kappa shape index (κ3) is 3.19. The molecule has 4 aromatic heterocycles. The van der Waals surface area contributed by atoms with Gasteiger partial charge in [-0.25, -0.2) is 4.98 Å². The maximum atomic E-state index is 9.99. The van der Waals surface area contributed by atoms with Crippen LogP contribution in [0.5, 0.6) is 0 Å². The molecule has 2 N–H and O–H groups in total. The largest absolute Gasteiger partial charge is 0.392 e. The summed E-state index contributed by atoms with van der Waals surface area (Å²) in [6, 6.07) is 6.52. The second-order valence-corrected chi connectivity index (χ2v) is 10.7. The van der Waals surface area contributed by atoms with E-state index in [-0.39, 0.29) is 6.10 Å². The summed E-state index contributed by atoms with van der Waals surface area (Å²) in [5, 5.41) is 16.7. The Balaban J connectivity index is 1.49. The molecule has 1 fully saturated rings. The van der Waals surface area contributed by atoms with Gasteiger partial charge in [-0.3, -0.25) is 14.6 Å². The van der Waals surface area contributed by atoms with Crippen molar-refractivity contribution in [1.82, 2.24) is 29.6 Å². The summed E-state index contributed by atoms with van der Waals surface area (Å²) in [5.41, 5.74) is 9.11. The van der Waals surface area contributed by atoms with Crippen molar-refractivity contribution >= 4 is 33.3 Å². The van der Waals surface area contributed by atoms with Gasteiger partial charge < -0.3 is 14.8 Å². The molecule has 0 bridgehead atoms. The minimum absolute atomic E-state index is 0.365. The number of aryl methyl sites for hydroxylation is 1. The van der Waals surface area contributed by atoms with Crippen molar-refractivity contribution in [2.75, 3.05) is 19.6 Å². The van der Waals surface area contributed by atoms with E-state index in [9.17, 15) is 5.11 Å². The molecule has 6 heterocycles. The molecule has 5 aromatic rings. The summed E-state index contributed by atoms with van der Waals surface area (Å²) in [7, 11) is 1.97. The Morgan fingerprint density at radius 1 is 1.29 bits per heavy atom. The van der Waals surface area contributed by atoms with Crippen LogP contribution < -0.4 is 0 Å². The summed E-state index contributed by atoms with van der Waals surface area (Å²) >= 11 is 1.62. The van der Waals surface area contributed by atoms with Crippen molar-refractivity contribution in [3.8, 4) is 21.7 Å². The zero-order valence-electron chi connectivity index (χ0n) is 19.7. The monoisotopic (exact) mass is 486 g/mol. The molecule has 0 radical (unpaired) electrons. The van der Waals surface area contributed by atoms with Crippen LogP contribution in [0, 0.1) is 0 Å². The van der Waals surface area contributed by atoms with Gasteiger partial charge in [0.2, 0.25) is 0 Å². The van der Waals surface area contributed by atoms with Crippen molar-refractivity contribution in [3.05, 3.63) is 53.4 Å². The number of thiazole rings is 1. The van der Waals surface area contributed by atoms with E-state index in [1.165, 1.54) is 5.56 Å². The fourth-order valence-corrected chi connectivity index (χ4v) is 6.58. The predicted molar refractivity (Wildman–Crippen MR) is 136 cm³/mol. The summed E-state index contributed by atoms with van der Waals surface area (Å²) in [6.45, 7) is 4.72. The van der Waals surface area contributed by atoms with Crippen molar-refractivity contribution in [2.24, 2.45) is 7.05 Å². The van der Waals surface area contributed by atoms with Gasteiger partial charge in [0.1, 0.15) is 11.2 Å². The predicted octanol–water partition coefficient (Wildman–Crippen LogP) is 4.05. The number of pyridine rings is 1. The number of H-pyrrole nitrogens is 1. The molecule has 178 valence electrons. The van der Waals surface area contributed by atoms with E-state index in [1.54, 1.807) is 11.3 Å². The second kappa shape index (κ2) is 7.69. The average Bonchev–Trinajstić information content (AvgIpc) is 3.65. The van der Waals surface area contributed by atoms with E-state index in [0.29, 0.717) is 13.2 Å². The maximum Gasteiger partial charge on any atom is 0.138 e. The molecule has 1 aromatic carbocycles. The number of fused-ring (bicyclic) bond motifs is 5. The first kappa shape index (κ1) is 21.2. The van der Waals surface area contributed by atoms with Crippen LogP contribution in [0.1, 0.15) is 24.5 Å². The van der Waals surface area contributed by atoms with Crippen molar-refractivity contribution in [3.63, 3.8) is 0 Å². The van der Waals surface area contributed by atoms with Crippen LogP contribution in [0.25, 0.3) is 43.6 Å². The van der Waals surface area contributed by atoms with Gasteiger partial charge in [0, 0.05) is 66.5 Å². The highest BCUT2D eigenvalue weighted by atomic mass is 32.1. The normalized spacial score (nSPS) is 21.0. The second-order valence-electron chi connectivity index (χ2n) is 9.78. The maximum absolute atomic E-state index is 9.99. The fourth-order valence-electron chi connectivity index (χ4n) is 5.95. The number of rotatable bonds is 4. The number of likely N-dealkylation sites (tertiary alicyclic amines) is 1. The summed E-state index contributed by atoms with van der Waals surface area (Å²) in [5.74, 6) is 0. The standard InChI is InChI=1S/C26H26N6O2S/c1-15(33)11-32-6-5-26(13-32)23-18(12-34-26)8-28-25-22(23)21(24(30-25)20-10-27-14-35-20)16-3-4-19-17(7-16)9-29-31(19)2/h3-4,7-10,14-15,33H,5-6,11-13H2,1-2H3,(H,28,30)/t15-,26+/m0/s1. The van der Waals surface area contributed by atoms with E-state index in [4.69, 9.17) is 9.72 Å². The Kier molecular flexibility index (Phi) is 4.66. The molecule has 0 amide bonds. The van der Waals surface area contributed by atoms with Gasteiger partial charge >= 0.3 is 0 Å². The zero-order chi connectivity index (χ0) is 23.7. The van der Waals surface area contributed by atoms with Crippen LogP contribution in [0.4, 0.5) is 0 Å². The van der Waals surface area contributed by atoms with Gasteiger partial charge in [0.25, 0.3) is 0 Å². The third-order valence-corrected chi connectivity index (χ3v) is 8.20. The van der Waals surface area contributed by atoms with Gasteiger partial charge in [0.05, 0.1) is 40.5 Å². The molecule has 1 saturated heterocycles. The van der Waals surface area contributed by atoms with Crippen molar-refractivity contribution < 1.29 is 9.84 Å². The highest BCUT2D eigenvalue weighted by Crippen LogP contribution is 2.50. The van der Waals surface area contributed by atoms with Crippen LogP contribution in [0.2, 0.25) is 0 Å². The van der Waals surface area contributed by atoms with Crippen LogP contribution in [-0.2, 0) is 24.0 Å². The van der Waals surface area contributed by atoms with E-state index in [2.05, 4.69) is 38.2 Å². The minimum Gasteiger partial charge on any atom is -0.392 e. The number of aromatic amines is 1. The van der Waals surface area contributed by atoms with E-state index >= 15 is 0 Å². The lowest BCUT2D eigenvalue weighted by molar-refractivity contribution is -0.0305. The number of aliphatic hydroxyl groups is 1. The number of nitrogens with one attached hydrogen (secondary N) is 1. The number of aliphatic hydroxyl groups excluding tert-OH is 1. The molecule has 2 aliphatic heterocycles. The molecule has 9 heteroatoms. The van der Waals surface area contributed by atoms with Crippen LogP contribution in [-0.4, -0.2) is 60.5 Å². The number of nitrogens with zero attached hydrogens (tertiary/aromatic N) is 5. The molecule has 2 atom stereocenters. The average molecular weight is 487 g/mol. The number of benzene rings is 1. The van der Waals surface area contributed by atoms with Crippen LogP contribution in [0.3, 0.4) is 0 Å². The van der Waals surface area contributed by atoms with Gasteiger partial charge in [-0.1, -0.05) is 6.07 Å². The van der Waals surface area contributed by atoms with Gasteiger partial charge in [0.15, 0.2) is 0 Å². The molecule has 0 aliphatic carbocycles. The van der Waals surface area contributed by atoms with E-state index < -0.39 is 5.60 Å². The lowest BCUT2D eigenvalue weighted by Gasteiger charge is -2.26. The Morgan fingerprint density at radius 3 is 3.03 bits per heavy atom. The zero-order valence-corrected chi connectivity index (χ0v) is 20.5. The first-order chi connectivity index (χ1) is 17.0. The smallest absolute Gasteiger partial charge is 0.138 e. The summed E-state index contributed by atoms with van der Waals surface area (Å²) < 4.78 is 8.45.